The molecular formula is C16H18ClN3O3S. The predicted molar refractivity (Wildman–Crippen MR) is 93.2 cm³/mol. The zero-order valence-corrected chi connectivity index (χ0v) is 14.7. The number of sulfonamides is 1. The maximum absolute atomic E-state index is 11.7. The Labute approximate surface area is 146 Å². The normalized spacial score (nSPS) is 17.9. The molecule has 2 aromatic rings. The van der Waals surface area contributed by atoms with Gasteiger partial charge in [-0.3, -0.25) is 0 Å². The summed E-state index contributed by atoms with van der Waals surface area (Å²) in [5.74, 6) is 1.49. The van der Waals surface area contributed by atoms with Crippen LogP contribution in [0.25, 0.3) is 0 Å². The minimum atomic E-state index is -3.46. The average Bonchev–Trinajstić information content (AvgIpc) is 3.03. The summed E-state index contributed by atoms with van der Waals surface area (Å²) in [5.41, 5.74) is 0. The van der Waals surface area contributed by atoms with E-state index in [4.69, 9.17) is 16.3 Å². The van der Waals surface area contributed by atoms with Gasteiger partial charge in [-0.15, -0.1) is 0 Å². The van der Waals surface area contributed by atoms with E-state index >= 15 is 0 Å². The Hall–Kier alpha value is -1.83. The van der Waals surface area contributed by atoms with E-state index in [1.807, 2.05) is 12.1 Å². The quantitative estimate of drug-likeness (QED) is 0.878. The van der Waals surface area contributed by atoms with E-state index in [2.05, 4.69) is 14.6 Å². The Kier molecular flexibility index (Phi) is 4.93. The number of hydrogen-bond acceptors (Lipinski definition) is 5. The third-order valence-corrected chi connectivity index (χ3v) is 5.50. The fourth-order valence-electron chi connectivity index (χ4n) is 2.60. The van der Waals surface area contributed by atoms with Crippen LogP contribution in [0.1, 0.15) is 6.42 Å². The van der Waals surface area contributed by atoms with E-state index in [1.165, 1.54) is 13.2 Å². The van der Waals surface area contributed by atoms with Gasteiger partial charge in [0.1, 0.15) is 22.6 Å². The van der Waals surface area contributed by atoms with Crippen molar-refractivity contribution >= 4 is 27.4 Å². The highest BCUT2D eigenvalue weighted by molar-refractivity contribution is 7.89. The van der Waals surface area contributed by atoms with Crippen molar-refractivity contribution in [1.29, 1.82) is 0 Å². The highest BCUT2D eigenvalue weighted by Crippen LogP contribution is 2.24. The van der Waals surface area contributed by atoms with Gasteiger partial charge < -0.3 is 9.64 Å². The molecule has 0 bridgehead atoms. The first-order valence-corrected chi connectivity index (χ1v) is 9.41. The topological polar surface area (TPSA) is 71.5 Å². The van der Waals surface area contributed by atoms with Crippen molar-refractivity contribution in [2.45, 2.75) is 17.4 Å². The lowest BCUT2D eigenvalue weighted by Crippen LogP contribution is -2.25. The first kappa shape index (κ1) is 17.0. The molecular weight excluding hydrogens is 350 g/mol. The molecule has 0 radical (unpaired) electrons. The molecule has 0 spiro atoms. The minimum absolute atomic E-state index is 0.0472. The van der Waals surface area contributed by atoms with Gasteiger partial charge >= 0.3 is 0 Å². The smallest absolute Gasteiger partial charge is 0.241 e. The molecule has 2 heterocycles. The van der Waals surface area contributed by atoms with Crippen LogP contribution in [0, 0.1) is 0 Å². The van der Waals surface area contributed by atoms with Crippen LogP contribution in [-0.2, 0) is 10.0 Å². The van der Waals surface area contributed by atoms with E-state index in [0.717, 1.165) is 24.5 Å². The van der Waals surface area contributed by atoms with Gasteiger partial charge in [-0.05, 0) is 37.4 Å². The largest absolute Gasteiger partial charge is 0.488 e. The van der Waals surface area contributed by atoms with E-state index < -0.39 is 10.0 Å². The van der Waals surface area contributed by atoms with Crippen LogP contribution in [0.15, 0.2) is 47.5 Å². The molecule has 1 aliphatic rings. The SMILES string of the molecule is CNS(=O)(=O)c1ccc(N2CCC(Oc3cccc(Cl)c3)C2)nc1. The van der Waals surface area contributed by atoms with Gasteiger partial charge in [0.2, 0.25) is 10.0 Å². The van der Waals surface area contributed by atoms with Crippen LogP contribution in [0.2, 0.25) is 5.02 Å². The zero-order chi connectivity index (χ0) is 17.2. The Morgan fingerprint density at radius 3 is 2.83 bits per heavy atom. The van der Waals surface area contributed by atoms with Crippen molar-refractivity contribution in [1.82, 2.24) is 9.71 Å². The number of rotatable bonds is 5. The van der Waals surface area contributed by atoms with E-state index in [-0.39, 0.29) is 11.0 Å². The van der Waals surface area contributed by atoms with E-state index in [0.29, 0.717) is 11.6 Å². The van der Waals surface area contributed by atoms with E-state index in [9.17, 15) is 8.42 Å². The molecule has 8 heteroatoms. The summed E-state index contributed by atoms with van der Waals surface area (Å²) in [7, 11) is -2.09. The van der Waals surface area contributed by atoms with Gasteiger partial charge in [-0.1, -0.05) is 17.7 Å². The van der Waals surface area contributed by atoms with Crippen molar-refractivity contribution < 1.29 is 13.2 Å². The molecule has 1 N–H and O–H groups in total. The Bertz CT molecular complexity index is 812. The molecule has 24 heavy (non-hydrogen) atoms. The summed E-state index contributed by atoms with van der Waals surface area (Å²) in [6.07, 6.45) is 2.28. The summed E-state index contributed by atoms with van der Waals surface area (Å²) in [6.45, 7) is 1.49. The van der Waals surface area contributed by atoms with Crippen molar-refractivity contribution in [3.05, 3.63) is 47.6 Å². The number of hydrogen-bond donors (Lipinski definition) is 1. The first-order chi connectivity index (χ1) is 11.5. The molecule has 1 unspecified atom stereocenters. The Morgan fingerprint density at radius 2 is 2.17 bits per heavy atom. The molecule has 0 saturated carbocycles. The summed E-state index contributed by atoms with van der Waals surface area (Å²) >= 11 is 5.96. The lowest BCUT2D eigenvalue weighted by molar-refractivity contribution is 0.225. The van der Waals surface area contributed by atoms with Crippen molar-refractivity contribution in [2.24, 2.45) is 0 Å². The molecule has 3 rings (SSSR count). The van der Waals surface area contributed by atoms with E-state index in [1.54, 1.807) is 24.3 Å². The minimum Gasteiger partial charge on any atom is -0.488 e. The van der Waals surface area contributed by atoms with Crippen LogP contribution < -0.4 is 14.4 Å². The second kappa shape index (κ2) is 6.96. The van der Waals surface area contributed by atoms with Gasteiger partial charge in [-0.25, -0.2) is 18.1 Å². The van der Waals surface area contributed by atoms with Crippen LogP contribution in [-0.4, -0.2) is 39.6 Å². The molecule has 0 aliphatic carbocycles. The van der Waals surface area contributed by atoms with Crippen LogP contribution in [0.3, 0.4) is 0 Å². The number of anilines is 1. The third-order valence-electron chi connectivity index (χ3n) is 3.87. The Balaban J connectivity index is 1.65. The van der Waals surface area contributed by atoms with Crippen LogP contribution >= 0.6 is 11.6 Å². The van der Waals surface area contributed by atoms with Gasteiger partial charge in [0.15, 0.2) is 0 Å². The maximum Gasteiger partial charge on any atom is 0.241 e. The van der Waals surface area contributed by atoms with Crippen molar-refractivity contribution in [3.8, 4) is 5.75 Å². The van der Waals surface area contributed by atoms with Gasteiger partial charge in [0.25, 0.3) is 0 Å². The fraction of sp³-hybridized carbons (Fsp3) is 0.312. The summed E-state index contributed by atoms with van der Waals surface area (Å²) in [4.78, 5) is 6.49. The second-order valence-electron chi connectivity index (χ2n) is 5.49. The number of ether oxygens (including phenoxy) is 1. The third kappa shape index (κ3) is 3.80. The molecule has 1 aromatic carbocycles. The van der Waals surface area contributed by atoms with Crippen LogP contribution in [0.5, 0.6) is 5.75 Å². The number of nitrogens with one attached hydrogen (secondary N) is 1. The monoisotopic (exact) mass is 367 g/mol. The summed E-state index contributed by atoms with van der Waals surface area (Å²) < 4.78 is 31.7. The number of nitrogens with zero attached hydrogens (tertiary/aromatic N) is 2. The average molecular weight is 368 g/mol. The molecule has 1 fully saturated rings. The standard InChI is InChI=1S/C16H18ClN3O3S/c1-18-24(21,22)15-5-6-16(19-10-15)20-8-7-14(11-20)23-13-4-2-3-12(17)9-13/h2-6,9-10,14,18H,7-8,11H2,1H3. The van der Waals surface area contributed by atoms with Gasteiger partial charge in [0.05, 0.1) is 6.54 Å². The van der Waals surface area contributed by atoms with Crippen LogP contribution in [0.4, 0.5) is 5.82 Å². The molecule has 6 nitrogen and oxygen atoms in total. The highest BCUT2D eigenvalue weighted by atomic mass is 35.5. The zero-order valence-electron chi connectivity index (χ0n) is 13.1. The van der Waals surface area contributed by atoms with Crippen molar-refractivity contribution in [3.63, 3.8) is 0 Å². The number of halogens is 1. The van der Waals surface area contributed by atoms with Gasteiger partial charge in [0, 0.05) is 24.2 Å². The number of pyridine rings is 1. The number of aromatic nitrogens is 1. The van der Waals surface area contributed by atoms with Crippen molar-refractivity contribution in [2.75, 3.05) is 25.0 Å². The lowest BCUT2D eigenvalue weighted by atomic mass is 10.3. The van der Waals surface area contributed by atoms with Gasteiger partial charge in [-0.2, -0.15) is 0 Å². The highest BCUT2D eigenvalue weighted by Gasteiger charge is 2.25. The second-order valence-corrected chi connectivity index (χ2v) is 7.81. The summed E-state index contributed by atoms with van der Waals surface area (Å²) in [5, 5.41) is 0.644. The first-order valence-electron chi connectivity index (χ1n) is 7.55. The molecule has 1 aliphatic heterocycles. The molecule has 1 atom stereocenters. The molecule has 1 aromatic heterocycles. The fourth-order valence-corrected chi connectivity index (χ4v) is 3.46. The summed E-state index contributed by atoms with van der Waals surface area (Å²) in [6, 6.07) is 10.6. The molecule has 128 valence electrons. The lowest BCUT2D eigenvalue weighted by Gasteiger charge is -2.18. The molecule has 0 amide bonds. The Morgan fingerprint density at radius 1 is 1.33 bits per heavy atom. The molecule has 1 saturated heterocycles. The predicted octanol–water partition coefficient (Wildman–Crippen LogP) is 2.30. The maximum atomic E-state index is 11.7. The number of benzene rings is 1.